The van der Waals surface area contributed by atoms with E-state index in [0.717, 1.165) is 0 Å². The van der Waals surface area contributed by atoms with Gasteiger partial charge in [-0.25, -0.2) is 0 Å². The monoisotopic (exact) mass is 863 g/mol. The summed E-state index contributed by atoms with van der Waals surface area (Å²) in [4.78, 5) is 5.41. The van der Waals surface area contributed by atoms with Crippen molar-refractivity contribution in [1.82, 2.24) is 0 Å². The Bertz CT molecular complexity index is 3170. The van der Waals surface area contributed by atoms with Gasteiger partial charge in [-0.15, -0.1) is 0 Å². The molecular weight excluding hydrogens is 796 g/mol. The normalized spacial score (nSPS) is 17.1. The van der Waals surface area contributed by atoms with E-state index in [9.17, 15) is 0 Å². The topological polar surface area (TPSA) is 6.48 Å². The van der Waals surface area contributed by atoms with Crippen LogP contribution in [0, 0.1) is 13.8 Å². The minimum absolute atomic E-state index is 0.0293. The molecule has 7 aromatic rings. The fraction of sp³-hybridized carbons (Fsp3) is 0.333. The maximum absolute atomic E-state index is 2.76. The summed E-state index contributed by atoms with van der Waals surface area (Å²) in [5.41, 5.74) is 28.0. The molecule has 0 amide bonds. The Morgan fingerprint density at radius 1 is 0.455 bits per heavy atom. The summed E-state index contributed by atoms with van der Waals surface area (Å²) in [6, 6.07) is 50.1. The summed E-state index contributed by atoms with van der Waals surface area (Å²) in [6.07, 6.45) is 2.34. The molecule has 7 aromatic carbocycles. The molecule has 4 aliphatic rings. The van der Waals surface area contributed by atoms with Gasteiger partial charge in [-0.3, -0.25) is 0 Å². The molecule has 2 aliphatic carbocycles. The lowest BCUT2D eigenvalue weighted by atomic mass is 9.33. The molecule has 332 valence electrons. The summed E-state index contributed by atoms with van der Waals surface area (Å²) in [5.74, 6) is 0. The van der Waals surface area contributed by atoms with E-state index in [-0.39, 0.29) is 33.8 Å². The van der Waals surface area contributed by atoms with Crippen molar-refractivity contribution < 1.29 is 0 Å². The maximum atomic E-state index is 2.76. The highest BCUT2D eigenvalue weighted by atomic mass is 15.2. The first-order valence-corrected chi connectivity index (χ1v) is 24.6. The fourth-order valence-electron chi connectivity index (χ4n) is 12.3. The number of anilines is 6. The van der Waals surface area contributed by atoms with Crippen molar-refractivity contribution >= 4 is 57.2 Å². The van der Waals surface area contributed by atoms with Crippen molar-refractivity contribution in [3.63, 3.8) is 0 Å². The molecular formula is C63H67BN2. The zero-order valence-electron chi connectivity index (χ0n) is 42.0. The number of fused-ring (bicyclic) bond motifs is 8. The lowest BCUT2D eigenvalue weighted by Crippen LogP contribution is -2.62. The van der Waals surface area contributed by atoms with Crippen molar-refractivity contribution in [2.45, 2.75) is 137 Å². The molecule has 0 bridgehead atoms. The largest absolute Gasteiger partial charge is 0.311 e. The van der Waals surface area contributed by atoms with Crippen molar-refractivity contribution in [3.05, 3.63) is 172 Å². The van der Waals surface area contributed by atoms with Crippen LogP contribution in [0.1, 0.15) is 140 Å². The minimum atomic E-state index is -0.217. The summed E-state index contributed by atoms with van der Waals surface area (Å²) in [6.45, 7) is 33.7. The summed E-state index contributed by atoms with van der Waals surface area (Å²) in [7, 11) is 0. The van der Waals surface area contributed by atoms with Crippen LogP contribution in [-0.2, 0) is 27.1 Å². The van der Waals surface area contributed by atoms with Gasteiger partial charge in [0.2, 0.25) is 0 Å². The Hall–Kier alpha value is -5.80. The number of rotatable bonds is 3. The molecule has 66 heavy (non-hydrogen) atoms. The molecule has 0 spiro atoms. The smallest absolute Gasteiger partial charge is 0.252 e. The van der Waals surface area contributed by atoms with Gasteiger partial charge in [0, 0.05) is 33.9 Å². The van der Waals surface area contributed by atoms with Gasteiger partial charge in [-0.2, -0.15) is 0 Å². The molecule has 2 aliphatic heterocycles. The van der Waals surface area contributed by atoms with Gasteiger partial charge >= 0.3 is 0 Å². The van der Waals surface area contributed by atoms with E-state index in [1.165, 1.54) is 130 Å². The van der Waals surface area contributed by atoms with E-state index in [1.54, 1.807) is 0 Å². The number of aryl methyl sites for hydroxylation is 2. The lowest BCUT2D eigenvalue weighted by molar-refractivity contribution is 0.332. The van der Waals surface area contributed by atoms with Gasteiger partial charge < -0.3 is 9.80 Å². The molecule has 0 atom stereocenters. The second-order valence-corrected chi connectivity index (χ2v) is 24.3. The van der Waals surface area contributed by atoms with E-state index in [0.29, 0.717) is 0 Å². The van der Waals surface area contributed by atoms with Crippen LogP contribution in [0.4, 0.5) is 34.1 Å². The van der Waals surface area contributed by atoms with E-state index in [4.69, 9.17) is 0 Å². The number of hydrogen-bond donors (Lipinski definition) is 0. The Kier molecular flexibility index (Phi) is 9.16. The fourth-order valence-corrected chi connectivity index (χ4v) is 12.3. The van der Waals surface area contributed by atoms with Crippen LogP contribution in [0.3, 0.4) is 0 Å². The molecule has 2 heterocycles. The van der Waals surface area contributed by atoms with Crippen LogP contribution in [0.25, 0.3) is 22.3 Å². The first kappa shape index (κ1) is 42.8. The number of hydrogen-bond acceptors (Lipinski definition) is 2. The van der Waals surface area contributed by atoms with Crippen LogP contribution in [0.5, 0.6) is 0 Å². The van der Waals surface area contributed by atoms with Gasteiger partial charge in [0.15, 0.2) is 0 Å². The molecule has 11 rings (SSSR count). The van der Waals surface area contributed by atoms with Crippen LogP contribution in [0.2, 0.25) is 0 Å². The van der Waals surface area contributed by atoms with Gasteiger partial charge in [0.05, 0.1) is 5.69 Å². The quantitative estimate of drug-likeness (QED) is 0.163. The van der Waals surface area contributed by atoms with Gasteiger partial charge in [0.25, 0.3) is 6.71 Å². The lowest BCUT2D eigenvalue weighted by Gasteiger charge is -2.48. The molecule has 0 saturated carbocycles. The molecule has 0 N–H and O–H groups in total. The van der Waals surface area contributed by atoms with Gasteiger partial charge in [-0.1, -0.05) is 174 Å². The van der Waals surface area contributed by atoms with Gasteiger partial charge in [-0.05, 0) is 168 Å². The van der Waals surface area contributed by atoms with Crippen LogP contribution in [-0.4, -0.2) is 6.71 Å². The first-order valence-electron chi connectivity index (χ1n) is 24.6. The third-order valence-corrected chi connectivity index (χ3v) is 16.3. The summed E-state index contributed by atoms with van der Waals surface area (Å²) in [5, 5.41) is 0. The van der Waals surface area contributed by atoms with Crippen molar-refractivity contribution in [2.75, 3.05) is 9.80 Å². The predicted octanol–water partition coefficient (Wildman–Crippen LogP) is 15.3. The van der Waals surface area contributed by atoms with Gasteiger partial charge in [0.1, 0.15) is 0 Å². The van der Waals surface area contributed by atoms with Crippen LogP contribution in [0.15, 0.2) is 127 Å². The molecule has 0 aromatic heterocycles. The van der Waals surface area contributed by atoms with E-state index in [2.05, 4.69) is 234 Å². The minimum Gasteiger partial charge on any atom is -0.311 e. The predicted molar refractivity (Wildman–Crippen MR) is 286 cm³/mol. The maximum Gasteiger partial charge on any atom is 0.252 e. The highest BCUT2D eigenvalue weighted by Gasteiger charge is 2.49. The Morgan fingerprint density at radius 2 is 1.05 bits per heavy atom. The number of benzene rings is 7. The van der Waals surface area contributed by atoms with E-state index in [1.807, 2.05) is 0 Å². The molecule has 3 heteroatoms. The molecule has 0 fully saturated rings. The van der Waals surface area contributed by atoms with Crippen molar-refractivity contribution in [3.8, 4) is 22.3 Å². The molecule has 2 nitrogen and oxygen atoms in total. The molecule has 0 unspecified atom stereocenters. The first-order chi connectivity index (χ1) is 31.1. The number of nitrogens with zero attached hydrogens (tertiary/aromatic N) is 2. The zero-order valence-corrected chi connectivity index (χ0v) is 42.0. The van der Waals surface area contributed by atoms with E-state index < -0.39 is 0 Å². The van der Waals surface area contributed by atoms with Crippen LogP contribution < -0.4 is 26.2 Å². The highest BCUT2D eigenvalue weighted by molar-refractivity contribution is 7.00. The highest BCUT2D eigenvalue weighted by Crippen LogP contribution is 2.57. The molecule has 0 saturated heterocycles. The van der Waals surface area contributed by atoms with Crippen LogP contribution >= 0.6 is 0 Å². The zero-order chi connectivity index (χ0) is 46.6. The van der Waals surface area contributed by atoms with E-state index >= 15 is 0 Å². The SMILES string of the molecule is Cc1cc2c3c(c1)N(c1cc(C(C)(C)C)cc4c1C(C)(C)c1ccccc1-4)c1cc4c(cc1B3c1ccc(C(C)(C)C)cc1N2c1cc(-c2ccccc2)ccc1C)C(C)(C)CCC4(C)C. The third-order valence-electron chi connectivity index (χ3n) is 16.3. The molecule has 0 radical (unpaired) electrons. The Morgan fingerprint density at radius 3 is 1.71 bits per heavy atom. The Balaban J connectivity index is 1.30. The second kappa shape index (κ2) is 14.1. The summed E-state index contributed by atoms with van der Waals surface area (Å²) >= 11 is 0. The average Bonchev–Trinajstić information content (AvgIpc) is 3.50. The summed E-state index contributed by atoms with van der Waals surface area (Å²) < 4.78 is 0. The van der Waals surface area contributed by atoms with Crippen molar-refractivity contribution in [2.24, 2.45) is 0 Å². The average molecular weight is 863 g/mol. The third kappa shape index (κ3) is 6.28. The van der Waals surface area contributed by atoms with Crippen molar-refractivity contribution in [1.29, 1.82) is 0 Å². The standard InChI is InChI=1S/C63H67BN2/c1-38-30-55-58-56(31-38)66(54-35-43(60(6,7)8)33-45-44-22-18-19-23-46(44)63(13,14)57(45)54)53-37-48-47(61(9,10)28-29-62(48,11)12)36-50(53)64(58)49-27-26-42(59(3,4)5)34-52(49)65(55)51-32-41(25-24-39(51)2)40-20-16-15-17-21-40/h15-27,30-37H,28-29H2,1-14H3. The second-order valence-electron chi connectivity index (χ2n) is 24.3. The Labute approximate surface area is 396 Å².